The minimum Gasteiger partial charge on any atom is -0.481 e. The molecule has 0 aliphatic heterocycles. The molecule has 2 atom stereocenters. The molecule has 1 aliphatic rings. The van der Waals surface area contributed by atoms with Crippen LogP contribution in [0.25, 0.3) is 0 Å². The highest BCUT2D eigenvalue weighted by molar-refractivity contribution is 6.33. The molecular weight excluding hydrogens is 274 g/mol. The van der Waals surface area contributed by atoms with Gasteiger partial charge in [-0.25, -0.2) is 4.79 Å². The number of amides is 1. The molecule has 1 saturated carbocycles. The van der Waals surface area contributed by atoms with Gasteiger partial charge in [0.05, 0.1) is 22.4 Å². The number of nitrogens with one attached hydrogen (secondary N) is 1. The van der Waals surface area contributed by atoms with Crippen LogP contribution in [0, 0.1) is 11.8 Å². The second-order valence-electron chi connectivity index (χ2n) is 4.28. The molecule has 0 heterocycles. The zero-order chi connectivity index (χ0) is 14.2. The SMILES string of the molecule is O=C(O)c1cc(NC(=O)[C@@H]2C[C@@H]2C(=O)O)ccc1Cl. The van der Waals surface area contributed by atoms with Gasteiger partial charge >= 0.3 is 11.9 Å². The predicted molar refractivity (Wildman–Crippen MR) is 66.3 cm³/mol. The van der Waals surface area contributed by atoms with Gasteiger partial charge in [0.15, 0.2) is 0 Å². The molecule has 0 aromatic heterocycles. The molecule has 19 heavy (non-hydrogen) atoms. The summed E-state index contributed by atoms with van der Waals surface area (Å²) in [7, 11) is 0. The third-order valence-electron chi connectivity index (χ3n) is 2.91. The van der Waals surface area contributed by atoms with Crippen molar-refractivity contribution in [1.82, 2.24) is 0 Å². The first kappa shape index (κ1) is 13.4. The Bertz CT molecular complexity index is 571. The highest BCUT2D eigenvalue weighted by Gasteiger charge is 2.48. The largest absolute Gasteiger partial charge is 0.481 e. The summed E-state index contributed by atoms with van der Waals surface area (Å²) in [5, 5.41) is 20.2. The minimum absolute atomic E-state index is 0.0698. The molecule has 1 amide bonds. The predicted octanol–water partition coefficient (Wildman–Crippen LogP) is 1.70. The van der Waals surface area contributed by atoms with Gasteiger partial charge in [0, 0.05) is 5.69 Å². The first-order chi connectivity index (χ1) is 8.90. The van der Waals surface area contributed by atoms with Crippen molar-refractivity contribution in [2.24, 2.45) is 11.8 Å². The molecular formula is C12H10ClNO5. The monoisotopic (exact) mass is 283 g/mol. The number of carbonyl (C=O) groups is 3. The zero-order valence-electron chi connectivity index (χ0n) is 9.59. The molecule has 3 N–H and O–H groups in total. The number of rotatable bonds is 4. The maximum absolute atomic E-state index is 11.7. The van der Waals surface area contributed by atoms with Crippen LogP contribution in [0.3, 0.4) is 0 Å². The Morgan fingerprint density at radius 2 is 1.89 bits per heavy atom. The Morgan fingerprint density at radius 3 is 2.42 bits per heavy atom. The van der Waals surface area contributed by atoms with E-state index in [0.717, 1.165) is 0 Å². The summed E-state index contributed by atoms with van der Waals surface area (Å²) in [6.45, 7) is 0. The van der Waals surface area contributed by atoms with Crippen LogP contribution in [0.15, 0.2) is 18.2 Å². The van der Waals surface area contributed by atoms with Crippen LogP contribution in [-0.4, -0.2) is 28.1 Å². The van der Waals surface area contributed by atoms with E-state index in [-0.39, 0.29) is 16.3 Å². The third kappa shape index (κ3) is 2.85. The van der Waals surface area contributed by atoms with E-state index in [1.165, 1.54) is 18.2 Å². The molecule has 0 saturated heterocycles. The summed E-state index contributed by atoms with van der Waals surface area (Å²) in [5.41, 5.74) is 0.160. The first-order valence-corrected chi connectivity index (χ1v) is 5.84. The summed E-state index contributed by atoms with van der Waals surface area (Å²) in [5.74, 6) is -3.82. The van der Waals surface area contributed by atoms with Gasteiger partial charge in [-0.2, -0.15) is 0 Å². The van der Waals surface area contributed by atoms with Crippen molar-refractivity contribution in [3.05, 3.63) is 28.8 Å². The Labute approximate surface area is 113 Å². The molecule has 0 bridgehead atoms. The van der Waals surface area contributed by atoms with E-state index >= 15 is 0 Å². The van der Waals surface area contributed by atoms with Crippen molar-refractivity contribution < 1.29 is 24.6 Å². The van der Waals surface area contributed by atoms with Crippen LogP contribution in [0.4, 0.5) is 5.69 Å². The Hall–Kier alpha value is -2.08. The molecule has 1 aliphatic carbocycles. The normalized spacial score (nSPS) is 20.7. The highest BCUT2D eigenvalue weighted by Crippen LogP contribution is 2.39. The van der Waals surface area contributed by atoms with Crippen molar-refractivity contribution in [1.29, 1.82) is 0 Å². The Balaban J connectivity index is 2.08. The van der Waals surface area contributed by atoms with Crippen LogP contribution < -0.4 is 5.32 Å². The number of carbonyl (C=O) groups excluding carboxylic acids is 1. The first-order valence-electron chi connectivity index (χ1n) is 5.46. The number of anilines is 1. The van der Waals surface area contributed by atoms with Gasteiger partial charge in [0.25, 0.3) is 0 Å². The van der Waals surface area contributed by atoms with Crippen LogP contribution in [0.1, 0.15) is 16.8 Å². The molecule has 1 fully saturated rings. The quantitative estimate of drug-likeness (QED) is 0.780. The van der Waals surface area contributed by atoms with Crippen LogP contribution >= 0.6 is 11.6 Å². The summed E-state index contributed by atoms with van der Waals surface area (Å²) < 4.78 is 0. The minimum atomic E-state index is -1.20. The number of hydrogen-bond acceptors (Lipinski definition) is 3. The molecule has 1 aromatic rings. The topological polar surface area (TPSA) is 104 Å². The number of carboxylic acids is 2. The summed E-state index contributed by atoms with van der Waals surface area (Å²) in [6, 6.07) is 4.06. The fourth-order valence-corrected chi connectivity index (χ4v) is 1.96. The number of carboxylic acid groups (broad SMARTS) is 2. The van der Waals surface area contributed by atoms with E-state index < -0.39 is 29.7 Å². The smallest absolute Gasteiger partial charge is 0.337 e. The van der Waals surface area contributed by atoms with E-state index in [2.05, 4.69) is 5.32 Å². The van der Waals surface area contributed by atoms with Crippen molar-refractivity contribution in [2.45, 2.75) is 6.42 Å². The number of aliphatic carboxylic acids is 1. The Morgan fingerprint density at radius 1 is 1.21 bits per heavy atom. The molecule has 0 radical (unpaired) electrons. The maximum Gasteiger partial charge on any atom is 0.337 e. The van der Waals surface area contributed by atoms with E-state index in [1.54, 1.807) is 0 Å². The molecule has 7 heteroatoms. The van der Waals surface area contributed by atoms with Gasteiger partial charge in [-0.1, -0.05) is 11.6 Å². The van der Waals surface area contributed by atoms with Crippen molar-refractivity contribution in [2.75, 3.05) is 5.32 Å². The fraction of sp³-hybridized carbons (Fsp3) is 0.250. The summed E-state index contributed by atoms with van der Waals surface area (Å²) in [4.78, 5) is 33.2. The third-order valence-corrected chi connectivity index (χ3v) is 3.24. The average Bonchev–Trinajstić information content (AvgIpc) is 3.11. The van der Waals surface area contributed by atoms with Gasteiger partial charge in [-0.15, -0.1) is 0 Å². The van der Waals surface area contributed by atoms with Gasteiger partial charge < -0.3 is 15.5 Å². The van der Waals surface area contributed by atoms with Gasteiger partial charge in [0.1, 0.15) is 0 Å². The fourth-order valence-electron chi connectivity index (χ4n) is 1.76. The number of hydrogen-bond donors (Lipinski definition) is 3. The number of aromatic carboxylic acids is 1. The summed E-state index contributed by atoms with van der Waals surface area (Å²) >= 11 is 5.70. The molecule has 6 nitrogen and oxygen atoms in total. The van der Waals surface area contributed by atoms with Gasteiger partial charge in [0.2, 0.25) is 5.91 Å². The maximum atomic E-state index is 11.7. The molecule has 1 aromatic carbocycles. The lowest BCUT2D eigenvalue weighted by atomic mass is 10.2. The molecule has 0 spiro atoms. The van der Waals surface area contributed by atoms with Crippen molar-refractivity contribution in [3.8, 4) is 0 Å². The molecule has 100 valence electrons. The van der Waals surface area contributed by atoms with Gasteiger partial charge in [-0.3, -0.25) is 9.59 Å². The Kier molecular flexibility index (Phi) is 3.44. The highest BCUT2D eigenvalue weighted by atomic mass is 35.5. The van der Waals surface area contributed by atoms with E-state index in [0.29, 0.717) is 6.42 Å². The number of benzene rings is 1. The van der Waals surface area contributed by atoms with Crippen molar-refractivity contribution in [3.63, 3.8) is 0 Å². The van der Waals surface area contributed by atoms with E-state index in [1.807, 2.05) is 0 Å². The lowest BCUT2D eigenvalue weighted by molar-refractivity contribution is -0.139. The van der Waals surface area contributed by atoms with Crippen molar-refractivity contribution >= 4 is 35.1 Å². The van der Waals surface area contributed by atoms with Gasteiger partial charge in [-0.05, 0) is 24.6 Å². The van der Waals surface area contributed by atoms with Crippen LogP contribution in [0.5, 0.6) is 0 Å². The average molecular weight is 284 g/mol. The lowest BCUT2D eigenvalue weighted by Crippen LogP contribution is -2.17. The van der Waals surface area contributed by atoms with E-state index in [9.17, 15) is 14.4 Å². The molecule has 2 rings (SSSR count). The summed E-state index contributed by atoms with van der Waals surface area (Å²) in [6.07, 6.45) is 0.306. The standard InChI is InChI=1S/C12H10ClNO5/c13-9-2-1-5(3-8(9)12(18)19)14-10(15)6-4-7(6)11(16)17/h1-3,6-7H,4H2,(H,14,15)(H,16,17)(H,18,19)/t6-,7+/m1/s1. The van der Waals surface area contributed by atoms with Crippen LogP contribution in [-0.2, 0) is 9.59 Å². The molecule has 0 unspecified atom stereocenters. The second-order valence-corrected chi connectivity index (χ2v) is 4.68. The second kappa shape index (κ2) is 4.89. The lowest BCUT2D eigenvalue weighted by Gasteiger charge is -2.06. The van der Waals surface area contributed by atoms with E-state index in [4.69, 9.17) is 21.8 Å². The zero-order valence-corrected chi connectivity index (χ0v) is 10.3. The van der Waals surface area contributed by atoms with Crippen LogP contribution in [0.2, 0.25) is 5.02 Å². The number of halogens is 1.